The molecule has 3 rings (SSSR count). The Morgan fingerprint density at radius 1 is 0.343 bits per heavy atom. The van der Waals surface area contributed by atoms with Crippen molar-refractivity contribution in [1.82, 2.24) is 37.2 Å². The zero-order chi connectivity index (χ0) is 79.0. The smallest absolute Gasteiger partial charge is 0.222 e. The van der Waals surface area contributed by atoms with Crippen molar-refractivity contribution in [2.24, 2.45) is 5.73 Å². The number of carbonyl (C=O) groups is 6. The van der Waals surface area contributed by atoms with Gasteiger partial charge in [0.1, 0.15) is 78.6 Å². The third kappa shape index (κ3) is 43.0. The van der Waals surface area contributed by atoms with Crippen molar-refractivity contribution < 1.29 is 165 Å². The number of rotatable bonds is 67. The highest BCUT2D eigenvalue weighted by Crippen LogP contribution is 2.25. The first-order chi connectivity index (χ1) is 52.2. The molecule has 3 aliphatic rings. The molecular formula is C66H124N8O34. The predicted octanol–water partition coefficient (Wildman–Crippen LogP) is -9.72. The van der Waals surface area contributed by atoms with E-state index in [-0.39, 0.29) is 196 Å². The van der Waals surface area contributed by atoms with Gasteiger partial charge in [0.05, 0.1) is 205 Å². The van der Waals surface area contributed by atoms with Crippen molar-refractivity contribution >= 4 is 35.4 Å². The average molecular weight is 1570 g/mol. The maximum absolute atomic E-state index is 13.8. The summed E-state index contributed by atoms with van der Waals surface area (Å²) in [6.45, 7) is 7.52. The number of nitrogens with one attached hydrogen (secondary N) is 7. The third-order valence-electron chi connectivity index (χ3n) is 15.9. The topological polar surface area (TPSA) is 570 Å². The molecule has 15 unspecified atom stereocenters. The number of amides is 6. The normalized spacial score (nSPS) is 24.9. The van der Waals surface area contributed by atoms with Crippen LogP contribution in [0.1, 0.15) is 46.5 Å². The van der Waals surface area contributed by atoms with Crippen LogP contribution in [0.3, 0.4) is 0 Å². The summed E-state index contributed by atoms with van der Waals surface area (Å²) in [7, 11) is 0. The molecule has 0 aliphatic carbocycles. The molecule has 632 valence electrons. The molecule has 42 nitrogen and oxygen atoms in total. The minimum Gasteiger partial charge on any atom is -0.394 e. The van der Waals surface area contributed by atoms with E-state index in [1.165, 1.54) is 20.8 Å². The van der Waals surface area contributed by atoms with Gasteiger partial charge in [0.25, 0.3) is 0 Å². The van der Waals surface area contributed by atoms with Crippen LogP contribution in [0.4, 0.5) is 0 Å². The Labute approximate surface area is 629 Å². The van der Waals surface area contributed by atoms with Gasteiger partial charge >= 0.3 is 0 Å². The van der Waals surface area contributed by atoms with E-state index >= 15 is 0 Å². The highest BCUT2D eigenvalue weighted by atomic mass is 16.7. The summed E-state index contributed by atoms with van der Waals surface area (Å²) in [4.78, 5) is 74.9. The molecule has 0 radical (unpaired) electrons. The number of carbonyl (C=O) groups excluding carboxylic acids is 6. The predicted molar refractivity (Wildman–Crippen MR) is 372 cm³/mol. The maximum Gasteiger partial charge on any atom is 0.222 e. The highest BCUT2D eigenvalue weighted by Gasteiger charge is 2.48. The van der Waals surface area contributed by atoms with Gasteiger partial charge in [-0.25, -0.2) is 0 Å². The number of aliphatic hydroxyl groups excluding tert-OH is 9. The quantitative estimate of drug-likeness (QED) is 0.0251. The van der Waals surface area contributed by atoms with Crippen LogP contribution in [0.15, 0.2) is 0 Å². The second-order valence-electron chi connectivity index (χ2n) is 24.9. The van der Waals surface area contributed by atoms with E-state index in [1.54, 1.807) is 0 Å². The lowest BCUT2D eigenvalue weighted by Gasteiger charge is -2.42. The van der Waals surface area contributed by atoms with Crippen molar-refractivity contribution in [3.63, 3.8) is 0 Å². The first kappa shape index (κ1) is 97.8. The van der Waals surface area contributed by atoms with Crippen molar-refractivity contribution in [3.8, 4) is 0 Å². The number of hydrogen-bond acceptors (Lipinski definition) is 36. The Morgan fingerprint density at radius 3 is 0.963 bits per heavy atom. The molecule has 6 amide bonds. The van der Waals surface area contributed by atoms with Gasteiger partial charge < -0.3 is 179 Å². The summed E-state index contributed by atoms with van der Waals surface area (Å²) in [5, 5.41) is 110. The Hall–Kier alpha value is -4.38. The Kier molecular flexibility index (Phi) is 55.4. The lowest BCUT2D eigenvalue weighted by Crippen LogP contribution is -2.64. The summed E-state index contributed by atoms with van der Waals surface area (Å²) in [5.41, 5.74) is 4.08. The monoisotopic (exact) mass is 1570 g/mol. The van der Waals surface area contributed by atoms with Crippen molar-refractivity contribution in [1.29, 1.82) is 0 Å². The molecular weight excluding hydrogens is 1450 g/mol. The van der Waals surface area contributed by atoms with Gasteiger partial charge in [0.2, 0.25) is 35.4 Å². The number of nitrogens with two attached hydrogens (primary N) is 1. The lowest BCUT2D eigenvalue weighted by atomic mass is 9.97. The largest absolute Gasteiger partial charge is 0.394 e. The molecule has 3 saturated heterocycles. The van der Waals surface area contributed by atoms with Crippen LogP contribution < -0.4 is 43.0 Å². The summed E-state index contributed by atoms with van der Waals surface area (Å²) >= 11 is 0. The van der Waals surface area contributed by atoms with E-state index in [1.807, 2.05) is 0 Å². The summed E-state index contributed by atoms with van der Waals surface area (Å²) < 4.78 is 107. The van der Waals surface area contributed by atoms with Crippen LogP contribution in [0.2, 0.25) is 0 Å². The molecule has 42 heteroatoms. The zero-order valence-electron chi connectivity index (χ0n) is 62.5. The minimum atomic E-state index is -1.46. The molecule has 3 aliphatic heterocycles. The first-order valence-electron chi connectivity index (χ1n) is 36.5. The molecule has 18 N–H and O–H groups in total. The molecule has 0 aromatic rings. The Morgan fingerprint density at radius 2 is 0.630 bits per heavy atom. The Bertz CT molecular complexity index is 2260. The second-order valence-corrected chi connectivity index (χ2v) is 24.9. The molecule has 108 heavy (non-hydrogen) atoms. The molecule has 3 fully saturated rings. The first-order valence-corrected chi connectivity index (χ1v) is 36.5. The zero-order valence-corrected chi connectivity index (χ0v) is 62.5. The molecule has 0 saturated carbocycles. The fourth-order valence-electron chi connectivity index (χ4n) is 10.5. The van der Waals surface area contributed by atoms with Gasteiger partial charge in [-0.1, -0.05) is 0 Å². The highest BCUT2D eigenvalue weighted by molar-refractivity contribution is 5.77. The SMILES string of the molecule is CC(=O)NC1C(OCCOCCOCCNCCCOCC(COCCC(=O)NCCOCCOCCOC2OC(CO)C(O)C(O)C2NC(C)=O)(COCCC(=O)NCCOCCOCCOC2OC(CO)C(O)C(O)C2NC(C)=O)NC(=O)CCOCCOCCOCCOCCN)OC(CO)C(O)C1O. The summed E-state index contributed by atoms with van der Waals surface area (Å²) in [6, 6.07) is -3.27. The van der Waals surface area contributed by atoms with Crippen LogP contribution in [-0.2, 0) is 119 Å². The lowest BCUT2D eigenvalue weighted by molar-refractivity contribution is -0.272. The van der Waals surface area contributed by atoms with Crippen molar-refractivity contribution in [3.05, 3.63) is 0 Å². The number of aliphatic hydroxyl groups is 9. The van der Waals surface area contributed by atoms with Gasteiger partial charge in [-0.15, -0.1) is 0 Å². The number of hydrogen-bond donors (Lipinski definition) is 17. The Balaban J connectivity index is 1.51. The van der Waals surface area contributed by atoms with E-state index in [0.717, 1.165) is 0 Å². The van der Waals surface area contributed by atoms with Gasteiger partial charge in [0, 0.05) is 72.8 Å². The van der Waals surface area contributed by atoms with Crippen molar-refractivity contribution in [2.75, 3.05) is 244 Å². The third-order valence-corrected chi connectivity index (χ3v) is 15.9. The molecule has 0 aromatic carbocycles. The second kappa shape index (κ2) is 61.2. The van der Waals surface area contributed by atoms with Crippen LogP contribution in [0.25, 0.3) is 0 Å². The summed E-state index contributed by atoms with van der Waals surface area (Å²) in [5.74, 6) is -2.61. The van der Waals surface area contributed by atoms with Crippen molar-refractivity contribution in [2.45, 2.75) is 144 Å². The molecule has 3 heterocycles. The van der Waals surface area contributed by atoms with Gasteiger partial charge in [-0.2, -0.15) is 0 Å². The van der Waals surface area contributed by atoms with Crippen LogP contribution in [0.5, 0.6) is 0 Å². The van der Waals surface area contributed by atoms with Crippen LogP contribution >= 0.6 is 0 Å². The average Bonchev–Trinajstić information content (AvgIpc) is 0.823. The summed E-state index contributed by atoms with van der Waals surface area (Å²) in [6.07, 6.45) is -15.3. The van der Waals surface area contributed by atoms with E-state index in [9.17, 15) is 74.7 Å². The van der Waals surface area contributed by atoms with E-state index in [4.69, 9.17) is 95.7 Å². The van der Waals surface area contributed by atoms with Crippen LogP contribution in [-0.4, -0.2) is 423 Å². The molecule has 15 atom stereocenters. The van der Waals surface area contributed by atoms with Gasteiger partial charge in [0.15, 0.2) is 18.9 Å². The van der Waals surface area contributed by atoms with E-state index in [0.29, 0.717) is 65.7 Å². The minimum absolute atomic E-state index is 0.00952. The van der Waals surface area contributed by atoms with Gasteiger partial charge in [-0.05, 0) is 13.0 Å². The van der Waals surface area contributed by atoms with Crippen LogP contribution in [0, 0.1) is 0 Å². The fourth-order valence-corrected chi connectivity index (χ4v) is 10.5. The molecule has 0 bridgehead atoms. The maximum atomic E-state index is 13.8. The van der Waals surface area contributed by atoms with E-state index in [2.05, 4.69) is 37.2 Å². The van der Waals surface area contributed by atoms with Gasteiger partial charge in [-0.3, -0.25) is 28.8 Å². The van der Waals surface area contributed by atoms with E-state index < -0.39 is 141 Å². The number of ether oxygens (including phenoxy) is 19. The standard InChI is InChI=1S/C66H124N8O34/c1-45(78)71-54-60(87)57(84)48(39-75)106-63(54)103-36-33-97-28-23-92-18-10-68-9-4-13-100-42-66(74-53(83)7-14-90-21-26-95-31-32-96-27-22-91-17-8-67,43-101-15-5-51(81)69-11-19-93-24-29-98-34-37-104-64-55(72-46(2)79)61(88)58(85)49(40-76)107-64)44-102-16-6-52(82)70-12-20-94-25-30-99-35-38-105-65-56(73-47(3)80)62(89)59(86)50(41-77)108-65/h48-50,54-65,68,75-77,84-89H,4-44,67H2,1-3H3,(H,69,81)(H,70,82)(H,71,78)(H,72,79)(H,73,80)(H,74,83). The molecule has 0 spiro atoms. The molecule has 0 aromatic heterocycles. The fraction of sp³-hybridized carbons (Fsp3) is 0.909.